The van der Waals surface area contributed by atoms with Crippen molar-refractivity contribution in [3.63, 3.8) is 0 Å². The van der Waals surface area contributed by atoms with Gasteiger partial charge in [-0.25, -0.2) is 0 Å². The van der Waals surface area contributed by atoms with Gasteiger partial charge in [-0.2, -0.15) is 0 Å². The third-order valence-electron chi connectivity index (χ3n) is 3.37. The van der Waals surface area contributed by atoms with E-state index in [4.69, 9.17) is 0 Å². The van der Waals surface area contributed by atoms with Crippen molar-refractivity contribution in [1.82, 2.24) is 0 Å². The maximum absolute atomic E-state index is 12.3. The van der Waals surface area contributed by atoms with Crippen LogP contribution >= 0.6 is 0 Å². The second kappa shape index (κ2) is 5.58. The lowest BCUT2D eigenvalue weighted by molar-refractivity contribution is -0.120. The molecule has 0 radical (unpaired) electrons. The van der Waals surface area contributed by atoms with Gasteiger partial charge in [0.2, 0.25) is 0 Å². The molecule has 0 N–H and O–H groups in total. The predicted octanol–water partition coefficient (Wildman–Crippen LogP) is 2.94. The summed E-state index contributed by atoms with van der Waals surface area (Å²) in [6.45, 7) is 2.09. The first-order valence-corrected chi connectivity index (χ1v) is 7.44. The van der Waals surface area contributed by atoms with Gasteiger partial charge in [-0.3, -0.25) is 9.00 Å². The highest BCUT2D eigenvalue weighted by atomic mass is 32.2. The number of hydrogen-bond acceptors (Lipinski definition) is 2. The first kappa shape index (κ1) is 12.5. The molecule has 0 heterocycles. The second-order valence-corrected chi connectivity index (χ2v) is 6.20. The number of rotatable bonds is 4. The van der Waals surface area contributed by atoms with E-state index in [2.05, 4.69) is 6.92 Å². The summed E-state index contributed by atoms with van der Waals surface area (Å²) in [5.74, 6) is 0.367. The van der Waals surface area contributed by atoms with Gasteiger partial charge in [0, 0.05) is 10.8 Å². The van der Waals surface area contributed by atoms with Crippen LogP contribution in [0.3, 0.4) is 0 Å². The molecule has 0 bridgehead atoms. The largest absolute Gasteiger partial charge is 0.298 e. The SMILES string of the molecule is CCCC1CCC(S(=O)c2ccccc2)C1=O. The van der Waals surface area contributed by atoms with Crippen molar-refractivity contribution in [2.75, 3.05) is 0 Å². The topological polar surface area (TPSA) is 34.1 Å². The Balaban J connectivity index is 2.10. The summed E-state index contributed by atoms with van der Waals surface area (Å²) in [5.41, 5.74) is 0. The maximum Gasteiger partial charge on any atom is 0.151 e. The first-order chi connectivity index (χ1) is 8.24. The average molecular weight is 250 g/mol. The lowest BCUT2D eigenvalue weighted by Gasteiger charge is -2.10. The van der Waals surface area contributed by atoms with Crippen LogP contribution in [-0.4, -0.2) is 15.2 Å². The molecule has 0 saturated heterocycles. The molecule has 1 aliphatic carbocycles. The summed E-state index contributed by atoms with van der Waals surface area (Å²) in [7, 11) is -1.16. The van der Waals surface area contributed by atoms with Crippen molar-refractivity contribution in [2.45, 2.75) is 42.8 Å². The molecule has 1 fully saturated rings. The molecule has 0 aliphatic heterocycles. The number of carbonyl (C=O) groups excluding carboxylic acids is 1. The molecule has 0 aromatic heterocycles. The van der Waals surface area contributed by atoms with Crippen LogP contribution in [-0.2, 0) is 15.6 Å². The van der Waals surface area contributed by atoms with Gasteiger partial charge >= 0.3 is 0 Å². The molecule has 0 amide bonds. The number of Topliss-reactive ketones (excluding diaryl/α,β-unsaturated/α-hetero) is 1. The Hall–Kier alpha value is -0.960. The molecule has 3 unspecified atom stereocenters. The fourth-order valence-electron chi connectivity index (χ4n) is 2.47. The van der Waals surface area contributed by atoms with Crippen molar-refractivity contribution in [2.24, 2.45) is 5.92 Å². The number of ketones is 1. The molecule has 3 atom stereocenters. The molecule has 3 heteroatoms. The zero-order valence-electron chi connectivity index (χ0n) is 10.1. The van der Waals surface area contributed by atoms with E-state index >= 15 is 0 Å². The summed E-state index contributed by atoms with van der Waals surface area (Å²) >= 11 is 0. The summed E-state index contributed by atoms with van der Waals surface area (Å²) in [6, 6.07) is 9.33. The number of benzene rings is 1. The van der Waals surface area contributed by atoms with Crippen molar-refractivity contribution < 1.29 is 9.00 Å². The third kappa shape index (κ3) is 2.65. The number of carbonyl (C=O) groups is 1. The van der Waals surface area contributed by atoms with Crippen molar-refractivity contribution in [3.05, 3.63) is 30.3 Å². The van der Waals surface area contributed by atoms with Crippen LogP contribution in [0.2, 0.25) is 0 Å². The minimum absolute atomic E-state index is 0.151. The van der Waals surface area contributed by atoms with Crippen LogP contribution in [0.25, 0.3) is 0 Å². The average Bonchev–Trinajstić information content (AvgIpc) is 2.72. The highest BCUT2D eigenvalue weighted by molar-refractivity contribution is 7.86. The van der Waals surface area contributed by atoms with Crippen molar-refractivity contribution in [1.29, 1.82) is 0 Å². The predicted molar refractivity (Wildman–Crippen MR) is 69.3 cm³/mol. The molecule has 1 aromatic carbocycles. The van der Waals surface area contributed by atoms with E-state index in [9.17, 15) is 9.00 Å². The van der Waals surface area contributed by atoms with Crippen LogP contribution in [0.15, 0.2) is 35.2 Å². The van der Waals surface area contributed by atoms with E-state index in [1.54, 1.807) is 0 Å². The molecule has 0 spiro atoms. The van der Waals surface area contributed by atoms with E-state index in [0.717, 1.165) is 30.6 Å². The van der Waals surface area contributed by atoms with Gasteiger partial charge in [0.05, 0.1) is 16.0 Å². The fraction of sp³-hybridized carbons (Fsp3) is 0.500. The lowest BCUT2D eigenvalue weighted by Crippen LogP contribution is -2.23. The van der Waals surface area contributed by atoms with Crippen LogP contribution in [0.1, 0.15) is 32.6 Å². The fourth-order valence-corrected chi connectivity index (χ4v) is 3.97. The summed E-state index contributed by atoms with van der Waals surface area (Å²) < 4.78 is 12.3. The van der Waals surface area contributed by atoms with Gasteiger partial charge < -0.3 is 0 Å². The van der Waals surface area contributed by atoms with Gasteiger partial charge in [-0.15, -0.1) is 0 Å². The molecular formula is C14H18O2S. The minimum atomic E-state index is -1.16. The van der Waals surface area contributed by atoms with E-state index in [1.807, 2.05) is 30.3 Å². The standard InChI is InChI=1S/C14H18O2S/c1-2-6-11-9-10-13(14(11)15)17(16)12-7-4-3-5-8-12/h3-5,7-8,11,13H,2,6,9-10H2,1H3. The van der Waals surface area contributed by atoms with Crippen molar-refractivity contribution >= 4 is 16.6 Å². The minimum Gasteiger partial charge on any atom is -0.298 e. The zero-order valence-corrected chi connectivity index (χ0v) is 10.9. The van der Waals surface area contributed by atoms with E-state index < -0.39 is 10.8 Å². The summed E-state index contributed by atoms with van der Waals surface area (Å²) in [5, 5.41) is -0.269. The molecular weight excluding hydrogens is 232 g/mol. The van der Waals surface area contributed by atoms with Crippen LogP contribution in [0.5, 0.6) is 0 Å². The van der Waals surface area contributed by atoms with E-state index in [0.29, 0.717) is 0 Å². The van der Waals surface area contributed by atoms with Crippen molar-refractivity contribution in [3.8, 4) is 0 Å². The Morgan fingerprint density at radius 2 is 1.94 bits per heavy atom. The van der Waals surface area contributed by atoms with Gasteiger partial charge in [0.1, 0.15) is 0 Å². The molecule has 92 valence electrons. The Bertz CT molecular complexity index is 413. The smallest absolute Gasteiger partial charge is 0.151 e. The van der Waals surface area contributed by atoms with Crippen LogP contribution in [0, 0.1) is 5.92 Å². The van der Waals surface area contributed by atoms with Crippen LogP contribution in [0.4, 0.5) is 0 Å². The molecule has 2 nitrogen and oxygen atoms in total. The molecule has 2 rings (SSSR count). The second-order valence-electron chi connectivity index (χ2n) is 4.56. The lowest BCUT2D eigenvalue weighted by atomic mass is 10.0. The first-order valence-electron chi connectivity index (χ1n) is 6.23. The summed E-state index contributed by atoms with van der Waals surface area (Å²) in [6.07, 6.45) is 3.67. The Kier molecular flexibility index (Phi) is 4.11. The quantitative estimate of drug-likeness (QED) is 0.823. The van der Waals surface area contributed by atoms with E-state index in [-0.39, 0.29) is 17.0 Å². The van der Waals surface area contributed by atoms with Gasteiger partial charge in [-0.05, 0) is 31.4 Å². The monoisotopic (exact) mass is 250 g/mol. The highest BCUT2D eigenvalue weighted by Crippen LogP contribution is 2.31. The zero-order chi connectivity index (χ0) is 12.3. The molecule has 1 aromatic rings. The normalized spacial score (nSPS) is 26.1. The summed E-state index contributed by atoms with van der Waals surface area (Å²) in [4.78, 5) is 12.9. The van der Waals surface area contributed by atoms with Gasteiger partial charge in [0.25, 0.3) is 0 Å². The highest BCUT2D eigenvalue weighted by Gasteiger charge is 2.37. The number of hydrogen-bond donors (Lipinski definition) is 0. The molecule has 1 saturated carbocycles. The third-order valence-corrected chi connectivity index (χ3v) is 5.09. The van der Waals surface area contributed by atoms with Gasteiger partial charge in [0.15, 0.2) is 5.78 Å². The van der Waals surface area contributed by atoms with E-state index in [1.165, 1.54) is 0 Å². The Labute approximate surface area is 105 Å². The van der Waals surface area contributed by atoms with Gasteiger partial charge in [-0.1, -0.05) is 31.5 Å². The van der Waals surface area contributed by atoms with Crippen LogP contribution < -0.4 is 0 Å². The molecule has 1 aliphatic rings. The Morgan fingerprint density at radius 1 is 1.24 bits per heavy atom. The maximum atomic E-state index is 12.3. The Morgan fingerprint density at radius 3 is 2.59 bits per heavy atom. The molecule has 17 heavy (non-hydrogen) atoms.